The zero-order valence-electron chi connectivity index (χ0n) is 8.42. The van der Waals surface area contributed by atoms with Crippen molar-refractivity contribution in [2.24, 2.45) is 5.73 Å². The quantitative estimate of drug-likeness (QED) is 0.604. The molecule has 76 valence electrons. The number of nitrogens with one attached hydrogen (secondary N) is 1. The van der Waals surface area contributed by atoms with Gasteiger partial charge in [-0.25, -0.2) is 10.4 Å². The van der Waals surface area contributed by atoms with E-state index in [1.807, 2.05) is 0 Å². The summed E-state index contributed by atoms with van der Waals surface area (Å²) in [5.41, 5.74) is 9.55. The van der Waals surface area contributed by atoms with E-state index in [2.05, 4.69) is 22.4 Å². The van der Waals surface area contributed by atoms with Gasteiger partial charge in [0.1, 0.15) is 0 Å². The molecule has 0 unspecified atom stereocenters. The molecule has 1 aliphatic carbocycles. The summed E-state index contributed by atoms with van der Waals surface area (Å²) in [5.74, 6) is 0. The summed E-state index contributed by atoms with van der Waals surface area (Å²) in [5, 5.41) is 2.33. The summed E-state index contributed by atoms with van der Waals surface area (Å²) in [6.07, 6.45) is 2.49. The minimum atomic E-state index is 0.274. The molecule has 1 aliphatic heterocycles. The van der Waals surface area contributed by atoms with Gasteiger partial charge in [-0.05, 0) is 19.9 Å². The van der Waals surface area contributed by atoms with Gasteiger partial charge in [0.25, 0.3) is 0 Å². The van der Waals surface area contributed by atoms with Crippen molar-refractivity contribution in [2.75, 3.05) is 39.8 Å². The first kappa shape index (κ1) is 9.40. The van der Waals surface area contributed by atoms with E-state index in [-0.39, 0.29) is 5.54 Å². The molecule has 2 rings (SSSR count). The summed E-state index contributed by atoms with van der Waals surface area (Å²) in [7, 11) is 2.17. The fourth-order valence-corrected chi connectivity index (χ4v) is 1.77. The summed E-state index contributed by atoms with van der Waals surface area (Å²) < 4.78 is 0. The molecule has 0 aromatic rings. The van der Waals surface area contributed by atoms with Crippen LogP contribution in [0, 0.1) is 0 Å². The molecule has 2 fully saturated rings. The van der Waals surface area contributed by atoms with Crippen molar-refractivity contribution in [2.45, 2.75) is 18.4 Å². The Labute approximate surface area is 80.0 Å². The summed E-state index contributed by atoms with van der Waals surface area (Å²) in [6, 6.07) is 0. The van der Waals surface area contributed by atoms with E-state index >= 15 is 0 Å². The standard InChI is InChI=1S/C9H20N4/c1-12-4-6-13(7-5-12)11-9(8-10)2-3-9/h11H,2-8,10H2,1H3. The lowest BCUT2D eigenvalue weighted by molar-refractivity contribution is 0.0827. The molecule has 0 radical (unpaired) electrons. The Kier molecular flexibility index (Phi) is 2.55. The van der Waals surface area contributed by atoms with Gasteiger partial charge in [0, 0.05) is 38.3 Å². The van der Waals surface area contributed by atoms with Crippen LogP contribution < -0.4 is 11.2 Å². The number of hydrogen-bond donors (Lipinski definition) is 2. The first-order valence-corrected chi connectivity index (χ1v) is 5.15. The zero-order chi connectivity index (χ0) is 9.31. The zero-order valence-corrected chi connectivity index (χ0v) is 8.42. The number of hydrogen-bond acceptors (Lipinski definition) is 4. The molecule has 0 bridgehead atoms. The predicted molar refractivity (Wildman–Crippen MR) is 53.2 cm³/mol. The average Bonchev–Trinajstić information content (AvgIpc) is 2.90. The van der Waals surface area contributed by atoms with Gasteiger partial charge >= 0.3 is 0 Å². The highest BCUT2D eigenvalue weighted by atomic mass is 15.6. The van der Waals surface area contributed by atoms with Crippen molar-refractivity contribution in [3.63, 3.8) is 0 Å². The maximum atomic E-state index is 5.71. The molecule has 0 amide bonds. The van der Waals surface area contributed by atoms with Gasteiger partial charge in [-0.1, -0.05) is 0 Å². The number of likely N-dealkylation sites (N-methyl/N-ethyl adjacent to an activating group) is 1. The largest absolute Gasteiger partial charge is 0.329 e. The molecule has 3 N–H and O–H groups in total. The third-order valence-corrected chi connectivity index (χ3v) is 3.14. The van der Waals surface area contributed by atoms with Gasteiger partial charge < -0.3 is 10.6 Å². The maximum absolute atomic E-state index is 5.71. The summed E-state index contributed by atoms with van der Waals surface area (Å²) >= 11 is 0. The van der Waals surface area contributed by atoms with Crippen molar-refractivity contribution in [3.05, 3.63) is 0 Å². The van der Waals surface area contributed by atoms with E-state index in [0.717, 1.165) is 32.7 Å². The van der Waals surface area contributed by atoms with Crippen LogP contribution in [0.25, 0.3) is 0 Å². The van der Waals surface area contributed by atoms with Crippen molar-refractivity contribution in [3.8, 4) is 0 Å². The minimum absolute atomic E-state index is 0.274. The first-order valence-electron chi connectivity index (χ1n) is 5.15. The van der Waals surface area contributed by atoms with E-state index in [9.17, 15) is 0 Å². The lowest BCUT2D eigenvalue weighted by Gasteiger charge is -2.35. The second-order valence-electron chi connectivity index (χ2n) is 4.39. The van der Waals surface area contributed by atoms with E-state index in [0.29, 0.717) is 0 Å². The molecular weight excluding hydrogens is 164 g/mol. The Morgan fingerprint density at radius 1 is 1.23 bits per heavy atom. The van der Waals surface area contributed by atoms with E-state index < -0.39 is 0 Å². The van der Waals surface area contributed by atoms with Crippen LogP contribution in [0.5, 0.6) is 0 Å². The number of piperazine rings is 1. The fraction of sp³-hybridized carbons (Fsp3) is 1.00. The van der Waals surface area contributed by atoms with E-state index in [1.54, 1.807) is 0 Å². The third-order valence-electron chi connectivity index (χ3n) is 3.14. The molecule has 4 nitrogen and oxygen atoms in total. The van der Waals surface area contributed by atoms with E-state index in [1.165, 1.54) is 12.8 Å². The van der Waals surface area contributed by atoms with Crippen molar-refractivity contribution < 1.29 is 0 Å². The van der Waals surface area contributed by atoms with Gasteiger partial charge in [-0.2, -0.15) is 0 Å². The molecule has 1 saturated heterocycles. The van der Waals surface area contributed by atoms with Gasteiger partial charge in [0.15, 0.2) is 0 Å². The van der Waals surface area contributed by atoms with Crippen LogP contribution in [-0.4, -0.2) is 55.2 Å². The normalized spacial score (nSPS) is 29.1. The molecular formula is C9H20N4. The Hall–Kier alpha value is -0.160. The lowest BCUT2D eigenvalue weighted by atomic mass is 10.3. The third kappa shape index (κ3) is 2.20. The SMILES string of the molecule is CN1CCN(NC2(CN)CC2)CC1. The number of nitrogens with zero attached hydrogens (tertiary/aromatic N) is 2. The van der Waals surface area contributed by atoms with Gasteiger partial charge in [0.05, 0.1) is 0 Å². The topological polar surface area (TPSA) is 44.5 Å². The smallest absolute Gasteiger partial charge is 0.0449 e. The van der Waals surface area contributed by atoms with Crippen LogP contribution in [0.15, 0.2) is 0 Å². The average molecular weight is 184 g/mol. The van der Waals surface area contributed by atoms with Crippen LogP contribution in [0.4, 0.5) is 0 Å². The molecule has 0 atom stereocenters. The Balaban J connectivity index is 1.76. The number of hydrazine groups is 1. The lowest BCUT2D eigenvalue weighted by Crippen LogP contribution is -2.56. The van der Waals surface area contributed by atoms with Gasteiger partial charge in [-0.3, -0.25) is 0 Å². The van der Waals surface area contributed by atoms with Crippen molar-refractivity contribution in [1.29, 1.82) is 0 Å². The second kappa shape index (κ2) is 3.53. The molecule has 0 aromatic carbocycles. The first-order chi connectivity index (χ1) is 6.24. The van der Waals surface area contributed by atoms with Crippen LogP contribution in [-0.2, 0) is 0 Å². The van der Waals surface area contributed by atoms with Gasteiger partial charge in [-0.15, -0.1) is 0 Å². The molecule has 13 heavy (non-hydrogen) atoms. The van der Waals surface area contributed by atoms with Crippen molar-refractivity contribution >= 4 is 0 Å². The predicted octanol–water partition coefficient (Wildman–Crippen LogP) is -0.770. The Bertz CT molecular complexity index is 170. The second-order valence-corrected chi connectivity index (χ2v) is 4.39. The summed E-state index contributed by atoms with van der Waals surface area (Å²) in [4.78, 5) is 2.36. The molecule has 1 heterocycles. The van der Waals surface area contributed by atoms with Crippen LogP contribution >= 0.6 is 0 Å². The van der Waals surface area contributed by atoms with Gasteiger partial charge in [0.2, 0.25) is 0 Å². The van der Waals surface area contributed by atoms with Crippen molar-refractivity contribution in [1.82, 2.24) is 15.3 Å². The van der Waals surface area contributed by atoms with Crippen LogP contribution in [0.1, 0.15) is 12.8 Å². The molecule has 0 spiro atoms. The molecule has 1 saturated carbocycles. The Morgan fingerprint density at radius 3 is 2.31 bits per heavy atom. The van der Waals surface area contributed by atoms with Crippen LogP contribution in [0.3, 0.4) is 0 Å². The molecule has 2 aliphatic rings. The highest BCUT2D eigenvalue weighted by Gasteiger charge is 2.42. The highest BCUT2D eigenvalue weighted by molar-refractivity contribution is 5.02. The van der Waals surface area contributed by atoms with Crippen LogP contribution in [0.2, 0.25) is 0 Å². The maximum Gasteiger partial charge on any atom is 0.0449 e. The number of rotatable bonds is 3. The molecule has 0 aromatic heterocycles. The molecule has 4 heteroatoms. The monoisotopic (exact) mass is 184 g/mol. The fourth-order valence-electron chi connectivity index (χ4n) is 1.77. The minimum Gasteiger partial charge on any atom is -0.329 e. The van der Waals surface area contributed by atoms with E-state index in [4.69, 9.17) is 5.73 Å². The highest BCUT2D eigenvalue weighted by Crippen LogP contribution is 2.34. The summed E-state index contributed by atoms with van der Waals surface area (Å²) in [6.45, 7) is 5.34. The number of nitrogens with two attached hydrogens (primary N) is 1. The Morgan fingerprint density at radius 2 is 1.85 bits per heavy atom.